The van der Waals surface area contributed by atoms with Gasteiger partial charge in [-0.3, -0.25) is 4.99 Å². The minimum atomic E-state index is -3.35. The van der Waals surface area contributed by atoms with Crippen LogP contribution in [0.4, 0.5) is 0 Å². The highest BCUT2D eigenvalue weighted by atomic mass is 32.2. The van der Waals surface area contributed by atoms with Gasteiger partial charge in [0.25, 0.3) is 10.0 Å². The second-order valence-corrected chi connectivity index (χ2v) is 9.09. The normalized spacial score (nSPS) is 13.0. The van der Waals surface area contributed by atoms with Gasteiger partial charge in [-0.15, -0.1) is 11.3 Å². The molecule has 0 fully saturated rings. The Labute approximate surface area is 137 Å². The van der Waals surface area contributed by atoms with Crippen molar-refractivity contribution in [1.82, 2.24) is 14.9 Å². The van der Waals surface area contributed by atoms with Crippen LogP contribution in [0.25, 0.3) is 0 Å². The summed E-state index contributed by atoms with van der Waals surface area (Å²) in [6.45, 7) is 5.77. The molecule has 0 atom stereocenters. The van der Waals surface area contributed by atoms with Crippen LogP contribution >= 0.6 is 11.3 Å². The lowest BCUT2D eigenvalue weighted by Gasteiger charge is -2.12. The molecule has 1 aromatic heterocycles. The Balaban J connectivity index is 2.56. The molecule has 0 aliphatic rings. The molecule has 2 N–H and O–H groups in total. The summed E-state index contributed by atoms with van der Waals surface area (Å²) in [5, 5.41) is 6.44. The van der Waals surface area contributed by atoms with Gasteiger partial charge in [0.1, 0.15) is 4.21 Å². The molecule has 0 bridgehead atoms. The molecule has 0 aliphatic carbocycles. The van der Waals surface area contributed by atoms with Crippen molar-refractivity contribution in [3.05, 3.63) is 17.0 Å². The van der Waals surface area contributed by atoms with E-state index in [-0.39, 0.29) is 0 Å². The fraction of sp³-hybridized carbons (Fsp3) is 0.643. The molecular formula is C14H26N4O2S2. The van der Waals surface area contributed by atoms with E-state index in [1.54, 1.807) is 13.1 Å². The summed E-state index contributed by atoms with van der Waals surface area (Å²) in [7, 11) is 1.45. The van der Waals surface area contributed by atoms with Gasteiger partial charge >= 0.3 is 0 Å². The first-order valence-electron chi connectivity index (χ1n) is 7.23. The van der Waals surface area contributed by atoms with Gasteiger partial charge in [-0.1, -0.05) is 13.8 Å². The third-order valence-electron chi connectivity index (χ3n) is 3.04. The second kappa shape index (κ2) is 8.50. The number of thiophene rings is 1. The molecule has 6 nitrogen and oxygen atoms in total. The molecule has 0 aromatic carbocycles. The van der Waals surface area contributed by atoms with Gasteiger partial charge in [-0.2, -0.15) is 0 Å². The Morgan fingerprint density at radius 1 is 1.32 bits per heavy atom. The molecule has 0 radical (unpaired) electrons. The average molecular weight is 347 g/mol. The first-order chi connectivity index (χ1) is 10.3. The van der Waals surface area contributed by atoms with Crippen molar-refractivity contribution in [2.45, 2.75) is 31.0 Å². The van der Waals surface area contributed by atoms with Crippen LogP contribution in [0.1, 0.15) is 25.1 Å². The topological polar surface area (TPSA) is 73.8 Å². The third-order valence-corrected chi connectivity index (χ3v) is 6.41. The molecule has 0 saturated carbocycles. The Morgan fingerprint density at radius 2 is 2.00 bits per heavy atom. The number of sulfonamides is 1. The van der Waals surface area contributed by atoms with Crippen molar-refractivity contribution in [3.8, 4) is 0 Å². The standard InChI is InChI=1S/C14H26N4O2S2/c1-11(2)8-9-16-14(15-3)17-10-12-6-7-13(21-12)22(19,20)18(4)5/h6-7,11H,8-10H2,1-5H3,(H2,15,16,17). The quantitative estimate of drug-likeness (QED) is 0.582. The van der Waals surface area contributed by atoms with Crippen LogP contribution in [0.5, 0.6) is 0 Å². The molecule has 0 aliphatic heterocycles. The molecule has 0 amide bonds. The highest BCUT2D eigenvalue weighted by molar-refractivity contribution is 7.91. The lowest BCUT2D eigenvalue weighted by Crippen LogP contribution is -2.37. The van der Waals surface area contributed by atoms with Gasteiger partial charge in [0.05, 0.1) is 6.54 Å². The summed E-state index contributed by atoms with van der Waals surface area (Å²) in [6.07, 6.45) is 1.07. The van der Waals surface area contributed by atoms with Crippen LogP contribution in [0.15, 0.2) is 21.3 Å². The van der Waals surface area contributed by atoms with E-state index in [0.717, 1.165) is 23.8 Å². The van der Waals surface area contributed by atoms with Crippen LogP contribution < -0.4 is 10.6 Å². The maximum Gasteiger partial charge on any atom is 0.252 e. The van der Waals surface area contributed by atoms with Gasteiger partial charge in [0.2, 0.25) is 0 Å². The number of rotatable bonds is 7. The van der Waals surface area contributed by atoms with E-state index in [9.17, 15) is 8.42 Å². The minimum absolute atomic E-state index is 0.358. The Bertz CT molecular complexity index is 592. The lowest BCUT2D eigenvalue weighted by molar-refractivity contribution is 0.523. The second-order valence-electron chi connectivity index (χ2n) is 5.54. The van der Waals surface area contributed by atoms with E-state index in [4.69, 9.17) is 0 Å². The summed E-state index contributed by atoms with van der Waals surface area (Å²) in [5.41, 5.74) is 0. The maximum atomic E-state index is 12.0. The molecule has 0 spiro atoms. The largest absolute Gasteiger partial charge is 0.356 e. The van der Waals surface area contributed by atoms with Gasteiger partial charge < -0.3 is 10.6 Å². The molecule has 8 heteroatoms. The monoisotopic (exact) mass is 346 g/mol. The first kappa shape index (κ1) is 18.9. The molecule has 1 heterocycles. The van der Waals surface area contributed by atoms with E-state index >= 15 is 0 Å². The van der Waals surface area contributed by atoms with Crippen molar-refractivity contribution >= 4 is 27.3 Å². The van der Waals surface area contributed by atoms with Crippen LogP contribution in [-0.4, -0.2) is 46.4 Å². The minimum Gasteiger partial charge on any atom is -0.356 e. The van der Waals surface area contributed by atoms with E-state index in [2.05, 4.69) is 29.5 Å². The number of nitrogens with zero attached hydrogens (tertiary/aromatic N) is 2. The van der Waals surface area contributed by atoms with Crippen molar-refractivity contribution in [2.24, 2.45) is 10.9 Å². The lowest BCUT2D eigenvalue weighted by atomic mass is 10.1. The zero-order valence-corrected chi connectivity index (χ0v) is 15.5. The zero-order chi connectivity index (χ0) is 16.8. The fourth-order valence-electron chi connectivity index (χ4n) is 1.64. The zero-order valence-electron chi connectivity index (χ0n) is 13.9. The Hall–Kier alpha value is -1.12. The Morgan fingerprint density at radius 3 is 2.55 bits per heavy atom. The predicted molar refractivity (Wildman–Crippen MR) is 92.8 cm³/mol. The molecule has 0 saturated heterocycles. The number of hydrogen-bond donors (Lipinski definition) is 2. The van der Waals surface area contributed by atoms with Crippen molar-refractivity contribution < 1.29 is 8.42 Å². The highest BCUT2D eigenvalue weighted by Crippen LogP contribution is 2.23. The molecule has 1 rings (SSSR count). The summed E-state index contributed by atoms with van der Waals surface area (Å²) < 4.78 is 25.6. The predicted octanol–water partition coefficient (Wildman–Crippen LogP) is 1.71. The fourth-order valence-corrected chi connectivity index (χ4v) is 4.11. The average Bonchev–Trinajstić information content (AvgIpc) is 2.91. The molecule has 1 aromatic rings. The third kappa shape index (κ3) is 5.58. The van der Waals surface area contributed by atoms with Gasteiger partial charge in [0, 0.05) is 32.6 Å². The molecule has 126 valence electrons. The van der Waals surface area contributed by atoms with E-state index in [0.29, 0.717) is 16.7 Å². The van der Waals surface area contributed by atoms with Gasteiger partial charge in [-0.05, 0) is 24.5 Å². The van der Waals surface area contributed by atoms with Crippen LogP contribution in [0.2, 0.25) is 0 Å². The van der Waals surface area contributed by atoms with Crippen LogP contribution in [-0.2, 0) is 16.6 Å². The van der Waals surface area contributed by atoms with E-state index < -0.39 is 10.0 Å². The molecular weight excluding hydrogens is 320 g/mol. The van der Waals surface area contributed by atoms with Gasteiger partial charge in [0.15, 0.2) is 5.96 Å². The summed E-state index contributed by atoms with van der Waals surface area (Å²) in [5.74, 6) is 1.37. The van der Waals surface area contributed by atoms with E-state index in [1.165, 1.54) is 29.7 Å². The van der Waals surface area contributed by atoms with Crippen molar-refractivity contribution in [3.63, 3.8) is 0 Å². The Kier molecular flexibility index (Phi) is 7.31. The smallest absolute Gasteiger partial charge is 0.252 e. The number of guanidine groups is 1. The van der Waals surface area contributed by atoms with Crippen molar-refractivity contribution in [2.75, 3.05) is 27.7 Å². The summed E-state index contributed by atoms with van der Waals surface area (Å²) in [6, 6.07) is 3.47. The van der Waals surface area contributed by atoms with Crippen LogP contribution in [0, 0.1) is 5.92 Å². The molecule has 22 heavy (non-hydrogen) atoms. The number of hydrogen-bond acceptors (Lipinski definition) is 4. The summed E-state index contributed by atoms with van der Waals surface area (Å²) >= 11 is 1.27. The maximum absolute atomic E-state index is 12.0. The summed E-state index contributed by atoms with van der Waals surface area (Å²) in [4.78, 5) is 5.11. The van der Waals surface area contributed by atoms with Gasteiger partial charge in [-0.25, -0.2) is 12.7 Å². The number of aliphatic imine (C=N–C) groups is 1. The number of nitrogens with one attached hydrogen (secondary N) is 2. The SMILES string of the molecule is CN=C(NCCC(C)C)NCc1ccc(S(=O)(=O)N(C)C)s1. The molecule has 0 unspecified atom stereocenters. The van der Waals surface area contributed by atoms with Crippen LogP contribution in [0.3, 0.4) is 0 Å². The van der Waals surface area contributed by atoms with E-state index in [1.807, 2.05) is 6.07 Å². The highest BCUT2D eigenvalue weighted by Gasteiger charge is 2.19. The van der Waals surface area contributed by atoms with Crippen molar-refractivity contribution in [1.29, 1.82) is 0 Å². The first-order valence-corrected chi connectivity index (χ1v) is 9.48.